The molecule has 7 unspecified atom stereocenters. The van der Waals surface area contributed by atoms with Crippen molar-refractivity contribution < 1.29 is 33.3 Å². The van der Waals surface area contributed by atoms with Crippen molar-refractivity contribution in [1.29, 1.82) is 0 Å². The molecule has 1 heterocycles. The zero-order chi connectivity index (χ0) is 18.5. The molecule has 5 aliphatic rings. The Morgan fingerprint density at radius 1 is 1.27 bits per heavy atom. The monoisotopic (exact) mass is 362 g/mol. The van der Waals surface area contributed by atoms with Gasteiger partial charge in [0, 0.05) is 22.8 Å². The quantitative estimate of drug-likeness (QED) is 0.425. The van der Waals surface area contributed by atoms with Crippen LogP contribution in [0.3, 0.4) is 0 Å². The van der Waals surface area contributed by atoms with Crippen LogP contribution in [0, 0.1) is 23.2 Å². The van der Waals surface area contributed by atoms with Gasteiger partial charge in [-0.3, -0.25) is 4.79 Å². The molecule has 4 saturated carbocycles. The maximum absolute atomic E-state index is 12.3. The molecule has 2 spiro atoms. The second kappa shape index (κ2) is 4.68. The first kappa shape index (κ1) is 16.3. The summed E-state index contributed by atoms with van der Waals surface area (Å²) in [7, 11) is 1.28. The molecule has 5 rings (SSSR count). The average molecular weight is 362 g/mol. The lowest BCUT2D eigenvalue weighted by molar-refractivity contribution is -0.438. The highest BCUT2D eigenvalue weighted by atomic mass is 16.8. The predicted molar refractivity (Wildman–Crippen MR) is 85.3 cm³/mol. The van der Waals surface area contributed by atoms with Crippen molar-refractivity contribution >= 4 is 17.9 Å². The Morgan fingerprint density at radius 3 is 2.73 bits per heavy atom. The lowest BCUT2D eigenvalue weighted by atomic mass is 9.33. The summed E-state index contributed by atoms with van der Waals surface area (Å²) in [6, 6.07) is 0. The second-order valence-corrected chi connectivity index (χ2v) is 8.55. The SMILES string of the molecule is C=C(C)C(=O)OC12CC3CC4C5(OC(=O)C(CC(=O)OC)O5)C(C1)C42C3. The van der Waals surface area contributed by atoms with Crippen molar-refractivity contribution in [1.82, 2.24) is 0 Å². The predicted octanol–water partition coefficient (Wildman–Crippen LogP) is 1.50. The summed E-state index contributed by atoms with van der Waals surface area (Å²) in [5.74, 6) is -1.80. The largest absolute Gasteiger partial charge is 0.469 e. The standard InChI is InChI=1S/C19H22O7/c1-9(2)15(21)25-17-6-10-4-12-18(17,7-10)13(8-17)19(12)24-11(16(22)26-19)5-14(20)23-3/h10-13H,1,4-8H2,2-3H3. The average Bonchev–Trinajstić information content (AvgIpc) is 3.19. The van der Waals surface area contributed by atoms with Crippen LogP contribution in [0.2, 0.25) is 0 Å². The fourth-order valence-corrected chi connectivity index (χ4v) is 6.72. The smallest absolute Gasteiger partial charge is 0.338 e. The first-order chi connectivity index (χ1) is 12.3. The van der Waals surface area contributed by atoms with Crippen LogP contribution in [0.15, 0.2) is 12.2 Å². The van der Waals surface area contributed by atoms with Crippen molar-refractivity contribution in [3.05, 3.63) is 12.2 Å². The van der Waals surface area contributed by atoms with E-state index in [-0.39, 0.29) is 29.6 Å². The molecule has 2 bridgehead atoms. The Bertz CT molecular complexity index is 759. The van der Waals surface area contributed by atoms with Crippen molar-refractivity contribution in [2.45, 2.75) is 56.5 Å². The number of hydrogen-bond acceptors (Lipinski definition) is 7. The third kappa shape index (κ3) is 1.57. The van der Waals surface area contributed by atoms with E-state index in [0.717, 1.165) is 19.3 Å². The summed E-state index contributed by atoms with van der Waals surface area (Å²) in [5.41, 5.74) is -0.222. The summed E-state index contributed by atoms with van der Waals surface area (Å²) >= 11 is 0. The fraction of sp³-hybridized carbons (Fsp3) is 0.737. The van der Waals surface area contributed by atoms with Crippen LogP contribution in [0.4, 0.5) is 0 Å². The number of rotatable bonds is 4. The van der Waals surface area contributed by atoms with Crippen LogP contribution in [0.1, 0.15) is 39.0 Å². The molecule has 7 heteroatoms. The third-order valence-corrected chi connectivity index (χ3v) is 7.48. The molecule has 7 nitrogen and oxygen atoms in total. The highest BCUT2D eigenvalue weighted by Crippen LogP contribution is 2.88. The maximum atomic E-state index is 12.3. The Labute approximate surface area is 151 Å². The zero-order valence-electron chi connectivity index (χ0n) is 14.9. The lowest BCUT2D eigenvalue weighted by Gasteiger charge is -2.76. The molecule has 0 radical (unpaired) electrons. The normalized spacial score (nSPS) is 49.1. The van der Waals surface area contributed by atoms with Crippen LogP contribution in [0.5, 0.6) is 0 Å². The molecule has 7 atom stereocenters. The number of esters is 3. The van der Waals surface area contributed by atoms with E-state index in [9.17, 15) is 14.4 Å². The van der Waals surface area contributed by atoms with Crippen LogP contribution in [-0.2, 0) is 33.3 Å². The van der Waals surface area contributed by atoms with Gasteiger partial charge in [-0.25, -0.2) is 9.59 Å². The first-order valence-electron chi connectivity index (χ1n) is 9.14. The number of ether oxygens (including phenoxy) is 4. The van der Waals surface area contributed by atoms with E-state index >= 15 is 0 Å². The minimum atomic E-state index is -0.954. The van der Waals surface area contributed by atoms with Gasteiger partial charge in [-0.15, -0.1) is 0 Å². The van der Waals surface area contributed by atoms with Gasteiger partial charge < -0.3 is 18.9 Å². The van der Waals surface area contributed by atoms with E-state index in [1.165, 1.54) is 7.11 Å². The van der Waals surface area contributed by atoms with Gasteiger partial charge in [0.2, 0.25) is 5.79 Å². The van der Waals surface area contributed by atoms with Gasteiger partial charge in [0.25, 0.3) is 0 Å². The molecule has 4 aliphatic carbocycles. The van der Waals surface area contributed by atoms with E-state index < -0.39 is 29.4 Å². The van der Waals surface area contributed by atoms with E-state index in [4.69, 9.17) is 14.2 Å². The van der Waals surface area contributed by atoms with Crippen LogP contribution >= 0.6 is 0 Å². The van der Waals surface area contributed by atoms with E-state index in [2.05, 4.69) is 11.3 Å². The van der Waals surface area contributed by atoms with Crippen molar-refractivity contribution in [3.8, 4) is 0 Å². The van der Waals surface area contributed by atoms with Gasteiger partial charge >= 0.3 is 17.9 Å². The summed E-state index contributed by atoms with van der Waals surface area (Å²) in [5, 5.41) is 0. The van der Waals surface area contributed by atoms with Gasteiger partial charge in [0.15, 0.2) is 6.10 Å². The first-order valence-corrected chi connectivity index (χ1v) is 9.14. The van der Waals surface area contributed by atoms with E-state index in [1.807, 2.05) is 0 Å². The van der Waals surface area contributed by atoms with Crippen LogP contribution < -0.4 is 0 Å². The van der Waals surface area contributed by atoms with Crippen molar-refractivity contribution in [3.63, 3.8) is 0 Å². The summed E-state index contributed by atoms with van der Waals surface area (Å²) in [4.78, 5) is 36.0. The molecule has 1 aliphatic heterocycles. The number of methoxy groups -OCH3 is 1. The molecule has 0 N–H and O–H groups in total. The Balaban J connectivity index is 1.40. The van der Waals surface area contributed by atoms with Gasteiger partial charge in [0.1, 0.15) is 5.60 Å². The minimum absolute atomic E-state index is 0.0250. The molecular weight excluding hydrogens is 340 g/mol. The molecule has 0 amide bonds. The zero-order valence-corrected chi connectivity index (χ0v) is 14.9. The van der Waals surface area contributed by atoms with Gasteiger partial charge in [-0.2, -0.15) is 0 Å². The lowest BCUT2D eigenvalue weighted by Crippen LogP contribution is -2.84. The highest BCUT2D eigenvalue weighted by molar-refractivity contribution is 5.87. The van der Waals surface area contributed by atoms with E-state index in [0.29, 0.717) is 17.9 Å². The Kier molecular flexibility index (Phi) is 2.94. The van der Waals surface area contributed by atoms with Crippen molar-refractivity contribution in [2.24, 2.45) is 23.2 Å². The van der Waals surface area contributed by atoms with Gasteiger partial charge in [-0.05, 0) is 38.5 Å². The fourth-order valence-electron chi connectivity index (χ4n) is 6.72. The Morgan fingerprint density at radius 2 is 2.04 bits per heavy atom. The summed E-state index contributed by atoms with van der Waals surface area (Å²) in [6.45, 7) is 5.33. The minimum Gasteiger partial charge on any atom is -0.469 e. The van der Waals surface area contributed by atoms with Gasteiger partial charge in [0.05, 0.1) is 13.5 Å². The Hall–Kier alpha value is -1.89. The molecule has 26 heavy (non-hydrogen) atoms. The maximum Gasteiger partial charge on any atom is 0.338 e. The van der Waals surface area contributed by atoms with Crippen LogP contribution in [-0.4, -0.2) is 42.5 Å². The number of hydrogen-bond donors (Lipinski definition) is 0. The molecule has 0 aromatic carbocycles. The number of fused-ring (bicyclic) bond motifs is 3. The third-order valence-electron chi connectivity index (χ3n) is 7.48. The molecular formula is C19H22O7. The number of carbonyl (C=O) groups is 3. The molecule has 0 aromatic heterocycles. The molecule has 1 saturated heterocycles. The molecule has 140 valence electrons. The highest BCUT2D eigenvalue weighted by Gasteiger charge is 2.94. The second-order valence-electron chi connectivity index (χ2n) is 8.55. The van der Waals surface area contributed by atoms with E-state index in [1.54, 1.807) is 6.92 Å². The number of carbonyl (C=O) groups excluding carboxylic acids is 3. The topological polar surface area (TPSA) is 88.1 Å². The molecule has 0 aromatic rings. The van der Waals surface area contributed by atoms with Crippen molar-refractivity contribution in [2.75, 3.05) is 7.11 Å². The van der Waals surface area contributed by atoms with Gasteiger partial charge in [-0.1, -0.05) is 6.58 Å². The molecule has 5 fully saturated rings. The summed E-state index contributed by atoms with van der Waals surface area (Å²) in [6.07, 6.45) is 2.35. The summed E-state index contributed by atoms with van der Waals surface area (Å²) < 4.78 is 22.3. The van der Waals surface area contributed by atoms with Crippen LogP contribution in [0.25, 0.3) is 0 Å².